The average Bonchev–Trinajstić information content (AvgIpc) is 3.20. The Balaban J connectivity index is 1.61. The molecule has 2 aromatic heterocycles. The summed E-state index contributed by atoms with van der Waals surface area (Å²) in [6, 6.07) is 9.54. The molecule has 0 radical (unpaired) electrons. The molecule has 1 atom stereocenters. The average molecular weight is 392 g/mol. The van der Waals surface area contributed by atoms with Crippen molar-refractivity contribution in [2.75, 3.05) is 12.1 Å². The number of rotatable bonds is 2. The Bertz CT molecular complexity index is 1090. The van der Waals surface area contributed by atoms with Gasteiger partial charge in [0, 0.05) is 11.9 Å². The van der Waals surface area contributed by atoms with Crippen molar-refractivity contribution in [3.05, 3.63) is 47.1 Å². The summed E-state index contributed by atoms with van der Waals surface area (Å²) in [4.78, 5) is 29.3. The lowest BCUT2D eigenvalue weighted by atomic mass is 9.97. The van der Waals surface area contributed by atoms with Crippen LogP contribution >= 0.6 is 11.3 Å². The van der Waals surface area contributed by atoms with Crippen molar-refractivity contribution in [1.29, 1.82) is 0 Å². The Morgan fingerprint density at radius 1 is 1.14 bits per heavy atom. The number of aromatic nitrogens is 2. The van der Waals surface area contributed by atoms with Gasteiger partial charge in [0.25, 0.3) is 5.91 Å². The van der Waals surface area contributed by atoms with Gasteiger partial charge in [0.05, 0.1) is 17.1 Å². The second kappa shape index (κ2) is 6.76. The third-order valence-corrected chi connectivity index (χ3v) is 6.84. The minimum absolute atomic E-state index is 0.0999. The van der Waals surface area contributed by atoms with E-state index in [9.17, 15) is 4.79 Å². The minimum Gasteiger partial charge on any atom is -0.266 e. The molecule has 7 heteroatoms. The molecule has 6 nitrogen and oxygen atoms in total. The van der Waals surface area contributed by atoms with E-state index in [1.807, 2.05) is 49.3 Å². The fourth-order valence-corrected chi connectivity index (χ4v) is 5.29. The van der Waals surface area contributed by atoms with Crippen LogP contribution in [0.4, 0.5) is 11.5 Å². The lowest BCUT2D eigenvalue weighted by Gasteiger charge is -2.25. The van der Waals surface area contributed by atoms with E-state index in [1.54, 1.807) is 22.7 Å². The highest BCUT2D eigenvalue weighted by atomic mass is 32.1. The second-order valence-corrected chi connectivity index (χ2v) is 8.37. The molecule has 142 valence electrons. The fraction of sp³-hybridized carbons (Fsp3) is 0.333. The summed E-state index contributed by atoms with van der Waals surface area (Å²) in [5, 5.41) is 4.65. The van der Waals surface area contributed by atoms with Gasteiger partial charge in [-0.2, -0.15) is 0 Å². The van der Waals surface area contributed by atoms with Crippen LogP contribution in [0.15, 0.2) is 41.7 Å². The first-order valence-corrected chi connectivity index (χ1v) is 10.4. The highest BCUT2D eigenvalue weighted by Gasteiger charge is 2.40. The maximum Gasteiger partial charge on any atom is 0.289 e. The first-order chi connectivity index (χ1) is 13.6. The van der Waals surface area contributed by atoms with Crippen molar-refractivity contribution < 1.29 is 4.79 Å². The second-order valence-electron chi connectivity index (χ2n) is 7.29. The zero-order valence-electron chi connectivity index (χ0n) is 15.9. The predicted octanol–water partition coefficient (Wildman–Crippen LogP) is 3.92. The van der Waals surface area contributed by atoms with E-state index in [4.69, 9.17) is 4.99 Å². The van der Waals surface area contributed by atoms with Crippen LogP contribution < -0.4 is 5.01 Å². The number of carbonyl (C=O) groups excluding carboxylic acids is 1. The maximum absolute atomic E-state index is 13.2. The first-order valence-electron chi connectivity index (χ1n) is 9.61. The lowest BCUT2D eigenvalue weighted by molar-refractivity contribution is -0.113. The number of aryl methyl sites for hydroxylation is 2. The molecule has 5 rings (SSSR count). The van der Waals surface area contributed by atoms with E-state index in [2.05, 4.69) is 9.97 Å². The quantitative estimate of drug-likeness (QED) is 0.664. The summed E-state index contributed by atoms with van der Waals surface area (Å²) in [7, 11) is 1.92. The normalized spacial score (nSPS) is 21.6. The molecule has 3 heterocycles. The largest absolute Gasteiger partial charge is 0.289 e. The number of hydrogen-bond acceptors (Lipinski definition) is 6. The van der Waals surface area contributed by atoms with Crippen molar-refractivity contribution in [2.45, 2.75) is 38.6 Å². The van der Waals surface area contributed by atoms with Gasteiger partial charge in [-0.05, 0) is 50.3 Å². The van der Waals surface area contributed by atoms with Gasteiger partial charge in [-0.1, -0.05) is 18.2 Å². The van der Waals surface area contributed by atoms with Gasteiger partial charge in [-0.25, -0.2) is 25.0 Å². The van der Waals surface area contributed by atoms with Crippen LogP contribution in [0.5, 0.6) is 0 Å². The third kappa shape index (κ3) is 2.65. The van der Waals surface area contributed by atoms with E-state index < -0.39 is 0 Å². The number of carbonyl (C=O) groups is 1. The molecule has 1 fully saturated rings. The third-order valence-electron chi connectivity index (χ3n) is 5.64. The summed E-state index contributed by atoms with van der Waals surface area (Å²) in [6.45, 7) is 2.00. The highest BCUT2D eigenvalue weighted by Crippen LogP contribution is 2.39. The van der Waals surface area contributed by atoms with E-state index in [1.165, 1.54) is 23.3 Å². The van der Waals surface area contributed by atoms with Gasteiger partial charge in [0.1, 0.15) is 16.9 Å². The number of thiophene rings is 1. The zero-order chi connectivity index (χ0) is 19.3. The molecule has 1 aromatic carbocycles. The molecule has 0 spiro atoms. The molecule has 0 bridgehead atoms. The van der Waals surface area contributed by atoms with Gasteiger partial charge >= 0.3 is 0 Å². The van der Waals surface area contributed by atoms with Crippen LogP contribution in [0, 0.1) is 0 Å². The Morgan fingerprint density at radius 3 is 2.75 bits per heavy atom. The minimum atomic E-state index is -0.132. The Kier molecular flexibility index (Phi) is 4.21. The molecule has 28 heavy (non-hydrogen) atoms. The summed E-state index contributed by atoms with van der Waals surface area (Å²) in [6.07, 6.45) is 6.12. The SMILES string of the molecule is CC1C(=Nc2ncnc3sc4c(c23)CCCC4)C(=O)N(c2ccccc2)N1C. The Morgan fingerprint density at radius 2 is 1.93 bits per heavy atom. The molecule has 3 aromatic rings. The van der Waals surface area contributed by atoms with Crippen LogP contribution in [0.2, 0.25) is 0 Å². The van der Waals surface area contributed by atoms with Crippen molar-refractivity contribution in [2.24, 2.45) is 4.99 Å². The topological polar surface area (TPSA) is 61.7 Å². The number of anilines is 1. The fourth-order valence-electron chi connectivity index (χ4n) is 4.06. The van der Waals surface area contributed by atoms with Crippen LogP contribution in [-0.2, 0) is 17.6 Å². The van der Waals surface area contributed by atoms with Gasteiger partial charge in [0.2, 0.25) is 0 Å². The predicted molar refractivity (Wildman–Crippen MR) is 112 cm³/mol. The van der Waals surface area contributed by atoms with E-state index >= 15 is 0 Å². The van der Waals surface area contributed by atoms with Gasteiger partial charge < -0.3 is 0 Å². The molecule has 1 amide bonds. The molecular weight excluding hydrogens is 370 g/mol. The molecule has 2 aliphatic rings. The Hall–Kier alpha value is -2.64. The van der Waals surface area contributed by atoms with Gasteiger partial charge in [-0.3, -0.25) is 4.79 Å². The van der Waals surface area contributed by atoms with Crippen molar-refractivity contribution >= 4 is 44.7 Å². The number of aliphatic imine (C=N–C) groups is 1. The van der Waals surface area contributed by atoms with Crippen LogP contribution in [0.1, 0.15) is 30.2 Å². The number of para-hydroxylation sites is 1. The van der Waals surface area contributed by atoms with Crippen molar-refractivity contribution in [3.8, 4) is 0 Å². The van der Waals surface area contributed by atoms with Crippen molar-refractivity contribution in [1.82, 2.24) is 15.0 Å². The summed E-state index contributed by atoms with van der Waals surface area (Å²) >= 11 is 1.75. The van der Waals surface area contributed by atoms with Crippen LogP contribution in [-0.4, -0.2) is 39.7 Å². The highest BCUT2D eigenvalue weighted by molar-refractivity contribution is 7.19. The van der Waals surface area contributed by atoms with Crippen LogP contribution in [0.25, 0.3) is 10.2 Å². The molecule has 1 unspecified atom stereocenters. The standard InChI is InChI=1S/C21H21N5OS/c1-13-18(21(27)26(25(13)2)14-8-4-3-5-9-14)24-19-17-15-10-6-7-11-16(15)28-20(17)23-12-22-19/h3-5,8-9,12-13H,6-7,10-11H2,1-2H3. The van der Waals surface area contributed by atoms with E-state index in [0.717, 1.165) is 28.7 Å². The van der Waals surface area contributed by atoms with Crippen LogP contribution in [0.3, 0.4) is 0 Å². The summed E-state index contributed by atoms with van der Waals surface area (Å²) in [5.41, 5.74) is 2.69. The van der Waals surface area contributed by atoms with Gasteiger partial charge in [0.15, 0.2) is 5.82 Å². The Labute approximate surface area is 167 Å². The van der Waals surface area contributed by atoms with E-state index in [0.29, 0.717) is 11.5 Å². The monoisotopic (exact) mass is 391 g/mol. The maximum atomic E-state index is 13.2. The number of benzene rings is 1. The zero-order valence-corrected chi connectivity index (χ0v) is 16.7. The number of hydrogen-bond donors (Lipinski definition) is 0. The summed E-state index contributed by atoms with van der Waals surface area (Å²) < 4.78 is 0. The summed E-state index contributed by atoms with van der Waals surface area (Å²) in [5.74, 6) is 0.528. The number of hydrazine groups is 1. The number of amides is 1. The molecule has 0 N–H and O–H groups in total. The molecular formula is C21H21N5OS. The molecule has 1 aliphatic heterocycles. The lowest BCUT2D eigenvalue weighted by Crippen LogP contribution is -2.38. The van der Waals surface area contributed by atoms with E-state index in [-0.39, 0.29) is 11.9 Å². The van der Waals surface area contributed by atoms with Crippen molar-refractivity contribution in [3.63, 3.8) is 0 Å². The van der Waals surface area contributed by atoms with Gasteiger partial charge in [-0.15, -0.1) is 11.3 Å². The molecule has 0 saturated carbocycles. The smallest absolute Gasteiger partial charge is 0.266 e. The first kappa shape index (κ1) is 17.5. The number of fused-ring (bicyclic) bond motifs is 3. The molecule has 1 aliphatic carbocycles. The number of nitrogens with zero attached hydrogens (tertiary/aromatic N) is 5. The molecule has 1 saturated heterocycles.